The summed E-state index contributed by atoms with van der Waals surface area (Å²) in [6.07, 6.45) is 1.79. The average molecular weight is 416 g/mol. The maximum absolute atomic E-state index is 5.38. The molecule has 21 heavy (non-hydrogen) atoms. The van der Waals surface area contributed by atoms with Crippen molar-refractivity contribution >= 4 is 31.9 Å². The molecule has 0 aliphatic heterocycles. The van der Waals surface area contributed by atoms with Crippen LogP contribution in [0.2, 0.25) is 0 Å². The molecule has 0 radical (unpaired) electrons. The zero-order chi connectivity index (χ0) is 15.2. The molecule has 1 heterocycles. The number of aromatic nitrogens is 1. The van der Waals surface area contributed by atoms with E-state index >= 15 is 0 Å². The fourth-order valence-electron chi connectivity index (χ4n) is 1.89. The van der Waals surface area contributed by atoms with Crippen molar-refractivity contribution in [2.75, 3.05) is 14.2 Å². The van der Waals surface area contributed by atoms with Crippen LogP contribution < -0.4 is 14.8 Å². The number of benzene rings is 1. The van der Waals surface area contributed by atoms with E-state index in [1.807, 2.05) is 24.3 Å². The van der Waals surface area contributed by atoms with Gasteiger partial charge < -0.3 is 14.8 Å². The zero-order valence-corrected chi connectivity index (χ0v) is 15.0. The van der Waals surface area contributed by atoms with Crippen LogP contribution >= 0.6 is 31.9 Å². The average Bonchev–Trinajstić information content (AvgIpc) is 2.49. The normalized spacial score (nSPS) is 10.5. The molecule has 1 aromatic heterocycles. The first-order chi connectivity index (χ1) is 10.1. The first kappa shape index (κ1) is 16.3. The zero-order valence-electron chi connectivity index (χ0n) is 11.8. The van der Waals surface area contributed by atoms with E-state index in [1.54, 1.807) is 20.4 Å². The molecule has 0 saturated heterocycles. The van der Waals surface area contributed by atoms with Gasteiger partial charge in [0.1, 0.15) is 11.5 Å². The lowest BCUT2D eigenvalue weighted by atomic mass is 10.2. The highest BCUT2D eigenvalue weighted by molar-refractivity contribution is 9.11. The van der Waals surface area contributed by atoms with Gasteiger partial charge in [0.05, 0.1) is 19.9 Å². The molecule has 2 rings (SSSR count). The largest absolute Gasteiger partial charge is 0.497 e. The summed E-state index contributed by atoms with van der Waals surface area (Å²) in [5.41, 5.74) is 2.04. The van der Waals surface area contributed by atoms with Crippen molar-refractivity contribution in [1.29, 1.82) is 0 Å². The van der Waals surface area contributed by atoms with Gasteiger partial charge in [0, 0.05) is 39.9 Å². The third-order valence-electron chi connectivity index (χ3n) is 2.99. The van der Waals surface area contributed by atoms with Gasteiger partial charge in [-0.3, -0.25) is 4.98 Å². The monoisotopic (exact) mass is 414 g/mol. The Hall–Kier alpha value is -1.11. The molecule has 0 fully saturated rings. The van der Waals surface area contributed by atoms with Gasteiger partial charge in [-0.1, -0.05) is 6.07 Å². The summed E-state index contributed by atoms with van der Waals surface area (Å²) >= 11 is 6.90. The lowest BCUT2D eigenvalue weighted by Gasteiger charge is -2.11. The number of pyridine rings is 1. The van der Waals surface area contributed by atoms with E-state index in [1.165, 1.54) is 0 Å². The van der Waals surface area contributed by atoms with Crippen LogP contribution in [-0.2, 0) is 13.1 Å². The number of rotatable bonds is 6. The SMILES string of the molecule is COc1ccc(CNCc2ncc(Br)cc2Br)c(OC)c1. The standard InChI is InChI=1S/C15H16Br2N2O2/c1-20-12-4-3-10(15(6-12)21-2)7-18-9-14-13(17)5-11(16)8-19-14/h3-6,8,18H,7,9H2,1-2H3. The fourth-order valence-corrected chi connectivity index (χ4v) is 3.01. The maximum atomic E-state index is 5.38. The van der Waals surface area contributed by atoms with Crippen molar-refractivity contribution < 1.29 is 9.47 Å². The van der Waals surface area contributed by atoms with E-state index in [-0.39, 0.29) is 0 Å². The van der Waals surface area contributed by atoms with E-state index in [0.29, 0.717) is 13.1 Å². The van der Waals surface area contributed by atoms with Gasteiger partial charge in [-0.2, -0.15) is 0 Å². The molecule has 0 unspecified atom stereocenters. The third-order valence-corrected chi connectivity index (χ3v) is 4.11. The van der Waals surface area contributed by atoms with Crippen molar-refractivity contribution in [3.63, 3.8) is 0 Å². The minimum atomic E-state index is 0.670. The minimum Gasteiger partial charge on any atom is -0.497 e. The Morgan fingerprint density at radius 3 is 2.57 bits per heavy atom. The van der Waals surface area contributed by atoms with Gasteiger partial charge in [-0.15, -0.1) is 0 Å². The summed E-state index contributed by atoms with van der Waals surface area (Å²) < 4.78 is 12.5. The quantitative estimate of drug-likeness (QED) is 0.776. The second kappa shape index (κ2) is 7.77. The van der Waals surface area contributed by atoms with Crippen LogP contribution in [0.25, 0.3) is 0 Å². The van der Waals surface area contributed by atoms with Gasteiger partial charge in [-0.05, 0) is 44.0 Å². The molecule has 0 spiro atoms. The molecule has 1 N–H and O–H groups in total. The summed E-state index contributed by atoms with van der Waals surface area (Å²) in [5.74, 6) is 1.60. The lowest BCUT2D eigenvalue weighted by Crippen LogP contribution is -2.14. The second-order valence-corrected chi connectivity index (χ2v) is 6.13. The van der Waals surface area contributed by atoms with E-state index in [4.69, 9.17) is 9.47 Å². The van der Waals surface area contributed by atoms with E-state index in [2.05, 4.69) is 42.2 Å². The van der Waals surface area contributed by atoms with E-state index in [9.17, 15) is 0 Å². The molecule has 112 valence electrons. The van der Waals surface area contributed by atoms with Gasteiger partial charge in [0.15, 0.2) is 0 Å². The molecule has 0 aliphatic carbocycles. The number of methoxy groups -OCH3 is 2. The van der Waals surface area contributed by atoms with Gasteiger partial charge in [-0.25, -0.2) is 0 Å². The molecule has 0 amide bonds. The first-order valence-corrected chi connectivity index (χ1v) is 7.94. The third kappa shape index (κ3) is 4.43. The van der Waals surface area contributed by atoms with Crippen LogP contribution in [0.15, 0.2) is 39.4 Å². The highest BCUT2D eigenvalue weighted by Crippen LogP contribution is 2.24. The number of nitrogens with zero attached hydrogens (tertiary/aromatic N) is 1. The number of halogens is 2. The number of hydrogen-bond donors (Lipinski definition) is 1. The number of nitrogens with one attached hydrogen (secondary N) is 1. The summed E-state index contributed by atoms with van der Waals surface area (Å²) in [7, 11) is 3.30. The van der Waals surface area contributed by atoms with Crippen LogP contribution in [0, 0.1) is 0 Å². The highest BCUT2D eigenvalue weighted by atomic mass is 79.9. The van der Waals surface area contributed by atoms with Crippen LogP contribution in [0.5, 0.6) is 11.5 Å². The van der Waals surface area contributed by atoms with Crippen LogP contribution in [0.1, 0.15) is 11.3 Å². The Kier molecular flexibility index (Phi) is 6.02. The highest BCUT2D eigenvalue weighted by Gasteiger charge is 2.06. The Bertz CT molecular complexity index is 621. The van der Waals surface area contributed by atoms with E-state index < -0.39 is 0 Å². The van der Waals surface area contributed by atoms with Gasteiger partial charge >= 0.3 is 0 Å². The molecular weight excluding hydrogens is 400 g/mol. The molecule has 0 saturated carbocycles. The van der Waals surface area contributed by atoms with Crippen LogP contribution in [0.3, 0.4) is 0 Å². The molecule has 6 heteroatoms. The minimum absolute atomic E-state index is 0.670. The van der Waals surface area contributed by atoms with Crippen molar-refractivity contribution in [3.05, 3.63) is 50.7 Å². The lowest BCUT2D eigenvalue weighted by molar-refractivity contribution is 0.389. The number of hydrogen-bond acceptors (Lipinski definition) is 4. The topological polar surface area (TPSA) is 43.4 Å². The molecular formula is C15H16Br2N2O2. The fraction of sp³-hybridized carbons (Fsp3) is 0.267. The summed E-state index contributed by atoms with van der Waals surface area (Å²) in [6.45, 7) is 1.36. The molecule has 0 bridgehead atoms. The van der Waals surface area contributed by atoms with Gasteiger partial charge in [0.2, 0.25) is 0 Å². The molecule has 0 atom stereocenters. The summed E-state index contributed by atoms with van der Waals surface area (Å²) in [4.78, 5) is 4.37. The van der Waals surface area contributed by atoms with Crippen LogP contribution in [-0.4, -0.2) is 19.2 Å². The summed E-state index contributed by atoms with van der Waals surface area (Å²) in [5, 5.41) is 3.36. The van der Waals surface area contributed by atoms with Crippen molar-refractivity contribution in [2.24, 2.45) is 0 Å². The van der Waals surface area contributed by atoms with Crippen LogP contribution in [0.4, 0.5) is 0 Å². The molecule has 4 nitrogen and oxygen atoms in total. The predicted molar refractivity (Wildman–Crippen MR) is 89.7 cm³/mol. The predicted octanol–water partition coefficient (Wildman–Crippen LogP) is 3.91. The second-order valence-electron chi connectivity index (χ2n) is 4.36. The Balaban J connectivity index is 2.00. The smallest absolute Gasteiger partial charge is 0.127 e. The molecule has 1 aromatic carbocycles. The Labute approximate surface area is 141 Å². The summed E-state index contributed by atoms with van der Waals surface area (Å²) in [6, 6.07) is 7.78. The van der Waals surface area contributed by atoms with Gasteiger partial charge in [0.25, 0.3) is 0 Å². The maximum Gasteiger partial charge on any atom is 0.127 e. The van der Waals surface area contributed by atoms with Crippen molar-refractivity contribution in [3.8, 4) is 11.5 Å². The molecule has 0 aliphatic rings. The Morgan fingerprint density at radius 2 is 1.90 bits per heavy atom. The molecule has 2 aromatic rings. The number of ether oxygens (including phenoxy) is 2. The Morgan fingerprint density at radius 1 is 1.10 bits per heavy atom. The van der Waals surface area contributed by atoms with Crippen molar-refractivity contribution in [2.45, 2.75) is 13.1 Å². The van der Waals surface area contributed by atoms with Crippen molar-refractivity contribution in [1.82, 2.24) is 10.3 Å². The first-order valence-electron chi connectivity index (χ1n) is 6.35. The van der Waals surface area contributed by atoms with E-state index in [0.717, 1.165) is 31.7 Å².